The van der Waals surface area contributed by atoms with Crippen LogP contribution in [0.15, 0.2) is 12.1 Å². The third-order valence-corrected chi connectivity index (χ3v) is 2.95. The van der Waals surface area contributed by atoms with Gasteiger partial charge in [0.2, 0.25) is 0 Å². The van der Waals surface area contributed by atoms with Crippen molar-refractivity contribution in [2.45, 2.75) is 25.3 Å². The lowest BCUT2D eigenvalue weighted by Crippen LogP contribution is -2.28. The van der Waals surface area contributed by atoms with Gasteiger partial charge < -0.3 is 4.90 Å². The van der Waals surface area contributed by atoms with Gasteiger partial charge in [-0.25, -0.2) is 8.78 Å². The number of non-ortho nitro benzene ring substituents is 1. The zero-order valence-electron chi connectivity index (χ0n) is 9.97. The van der Waals surface area contributed by atoms with Crippen LogP contribution in [0.5, 0.6) is 0 Å². The number of nitro groups is 1. The lowest BCUT2D eigenvalue weighted by atomic mass is 10.2. The smallest absolute Gasteiger partial charge is 0.275 e. The van der Waals surface area contributed by atoms with E-state index < -0.39 is 22.2 Å². The Balaban J connectivity index is 2.37. The molecule has 0 radical (unpaired) electrons. The lowest BCUT2D eigenvalue weighted by molar-refractivity contribution is -0.385. The van der Waals surface area contributed by atoms with E-state index >= 15 is 0 Å². The van der Waals surface area contributed by atoms with Crippen LogP contribution in [-0.2, 0) is 0 Å². The summed E-state index contributed by atoms with van der Waals surface area (Å²) in [6.45, 7) is 0.215. The van der Waals surface area contributed by atoms with Crippen molar-refractivity contribution in [1.29, 1.82) is 5.26 Å². The number of anilines is 1. The van der Waals surface area contributed by atoms with E-state index in [9.17, 15) is 18.9 Å². The molecule has 0 atom stereocenters. The molecule has 0 unspecified atom stereocenters. The summed E-state index contributed by atoms with van der Waals surface area (Å²) >= 11 is 0. The van der Waals surface area contributed by atoms with Crippen LogP contribution in [0.25, 0.3) is 0 Å². The van der Waals surface area contributed by atoms with Gasteiger partial charge in [0.15, 0.2) is 11.6 Å². The topological polar surface area (TPSA) is 70.2 Å². The van der Waals surface area contributed by atoms with Crippen molar-refractivity contribution >= 4 is 11.4 Å². The van der Waals surface area contributed by atoms with E-state index in [1.807, 2.05) is 6.07 Å². The molecule has 1 saturated carbocycles. The van der Waals surface area contributed by atoms with Crippen LogP contribution in [0.4, 0.5) is 20.2 Å². The zero-order chi connectivity index (χ0) is 14.0. The third kappa shape index (κ3) is 2.78. The summed E-state index contributed by atoms with van der Waals surface area (Å²) in [4.78, 5) is 11.2. The highest BCUT2D eigenvalue weighted by molar-refractivity contribution is 5.55. The molecular weight excluding hydrogens is 256 g/mol. The summed E-state index contributed by atoms with van der Waals surface area (Å²) in [6.07, 6.45) is 1.76. The van der Waals surface area contributed by atoms with E-state index in [1.165, 1.54) is 4.90 Å². The minimum absolute atomic E-state index is 0.0128. The number of hydrogen-bond donors (Lipinski definition) is 0. The molecule has 1 aromatic rings. The van der Waals surface area contributed by atoms with E-state index in [4.69, 9.17) is 5.26 Å². The second kappa shape index (κ2) is 5.18. The van der Waals surface area contributed by atoms with Crippen LogP contribution in [0.3, 0.4) is 0 Å². The lowest BCUT2D eigenvalue weighted by Gasteiger charge is -2.24. The maximum atomic E-state index is 13.9. The molecule has 7 heteroatoms. The van der Waals surface area contributed by atoms with E-state index in [1.54, 1.807) is 0 Å². The zero-order valence-corrected chi connectivity index (χ0v) is 9.97. The summed E-state index contributed by atoms with van der Waals surface area (Å²) in [5.41, 5.74) is -0.891. The molecule has 100 valence electrons. The van der Waals surface area contributed by atoms with Crippen molar-refractivity contribution in [3.8, 4) is 6.07 Å². The van der Waals surface area contributed by atoms with Crippen LogP contribution in [0.2, 0.25) is 0 Å². The van der Waals surface area contributed by atoms with E-state index in [-0.39, 0.29) is 24.7 Å². The van der Waals surface area contributed by atoms with Gasteiger partial charge in [0.05, 0.1) is 29.5 Å². The molecule has 1 fully saturated rings. The predicted octanol–water partition coefficient (Wildman–Crippen LogP) is 2.76. The minimum Gasteiger partial charge on any atom is -0.363 e. The molecule has 5 nitrogen and oxygen atoms in total. The number of benzene rings is 1. The van der Waals surface area contributed by atoms with Gasteiger partial charge in [-0.1, -0.05) is 0 Å². The van der Waals surface area contributed by atoms with Crippen molar-refractivity contribution in [1.82, 2.24) is 0 Å². The maximum absolute atomic E-state index is 13.9. The summed E-state index contributed by atoms with van der Waals surface area (Å²) in [5, 5.41) is 19.1. The van der Waals surface area contributed by atoms with Gasteiger partial charge in [-0.05, 0) is 12.8 Å². The van der Waals surface area contributed by atoms with Crippen LogP contribution >= 0.6 is 0 Å². The highest BCUT2D eigenvalue weighted by Gasteiger charge is 2.33. The van der Waals surface area contributed by atoms with Gasteiger partial charge in [0.25, 0.3) is 5.69 Å². The van der Waals surface area contributed by atoms with Crippen molar-refractivity contribution in [2.75, 3.05) is 11.4 Å². The van der Waals surface area contributed by atoms with Crippen molar-refractivity contribution in [3.05, 3.63) is 33.9 Å². The number of nitro benzene ring substituents is 1. The van der Waals surface area contributed by atoms with Crippen LogP contribution < -0.4 is 4.90 Å². The van der Waals surface area contributed by atoms with Crippen molar-refractivity contribution in [2.24, 2.45) is 0 Å². The van der Waals surface area contributed by atoms with Gasteiger partial charge in [-0.2, -0.15) is 5.26 Å². The van der Waals surface area contributed by atoms with Gasteiger partial charge in [-0.15, -0.1) is 0 Å². The normalized spacial score (nSPS) is 13.9. The Kier molecular flexibility index (Phi) is 3.60. The first kappa shape index (κ1) is 13.2. The Morgan fingerprint density at radius 1 is 1.42 bits per heavy atom. The molecule has 0 saturated heterocycles. The highest BCUT2D eigenvalue weighted by Crippen LogP contribution is 2.36. The fraction of sp³-hybridized carbons (Fsp3) is 0.417. The number of nitrogens with zero attached hydrogens (tertiary/aromatic N) is 3. The summed E-state index contributed by atoms with van der Waals surface area (Å²) < 4.78 is 27.7. The van der Waals surface area contributed by atoms with Crippen molar-refractivity contribution in [3.63, 3.8) is 0 Å². The average molecular weight is 267 g/mol. The molecule has 0 aromatic heterocycles. The first-order valence-corrected chi connectivity index (χ1v) is 5.81. The molecule has 1 aromatic carbocycles. The summed E-state index contributed by atoms with van der Waals surface area (Å²) in [6, 6.07) is 3.35. The molecule has 19 heavy (non-hydrogen) atoms. The van der Waals surface area contributed by atoms with Crippen molar-refractivity contribution < 1.29 is 13.7 Å². The Morgan fingerprint density at radius 3 is 2.42 bits per heavy atom. The van der Waals surface area contributed by atoms with Gasteiger partial charge >= 0.3 is 0 Å². The largest absolute Gasteiger partial charge is 0.363 e. The maximum Gasteiger partial charge on any atom is 0.275 e. The van der Waals surface area contributed by atoms with Crippen LogP contribution in [-0.4, -0.2) is 17.5 Å². The quantitative estimate of drug-likeness (QED) is 0.607. The Labute approximate surface area is 108 Å². The first-order chi connectivity index (χ1) is 9.04. The predicted molar refractivity (Wildman–Crippen MR) is 63.6 cm³/mol. The monoisotopic (exact) mass is 267 g/mol. The van der Waals surface area contributed by atoms with Gasteiger partial charge in [0, 0.05) is 12.6 Å². The minimum atomic E-state index is -0.962. The molecule has 2 rings (SSSR count). The molecule has 0 aliphatic heterocycles. The molecular formula is C12H11F2N3O2. The molecule has 0 N–H and O–H groups in total. The fourth-order valence-corrected chi connectivity index (χ4v) is 1.97. The second-order valence-corrected chi connectivity index (χ2v) is 4.35. The highest BCUT2D eigenvalue weighted by atomic mass is 19.1. The molecule has 1 aliphatic carbocycles. The van der Waals surface area contributed by atoms with E-state index in [0.717, 1.165) is 12.8 Å². The molecule has 0 amide bonds. The molecule has 0 spiro atoms. The molecule has 0 heterocycles. The standard InChI is InChI=1S/C12H11F2N3O2/c13-10-6-9(17(18)19)7-11(14)12(10)16(5-1-4-15)8-2-3-8/h6-8H,1-3,5H2. The van der Waals surface area contributed by atoms with Crippen LogP contribution in [0, 0.1) is 33.1 Å². The number of hydrogen-bond acceptors (Lipinski definition) is 4. The molecule has 1 aliphatic rings. The second-order valence-electron chi connectivity index (χ2n) is 4.35. The number of rotatable bonds is 5. The first-order valence-electron chi connectivity index (χ1n) is 5.81. The van der Waals surface area contributed by atoms with Gasteiger partial charge in [0.1, 0.15) is 5.69 Å². The van der Waals surface area contributed by atoms with Crippen LogP contribution in [0.1, 0.15) is 19.3 Å². The fourth-order valence-electron chi connectivity index (χ4n) is 1.97. The Morgan fingerprint density at radius 2 is 2.00 bits per heavy atom. The average Bonchev–Trinajstić information content (AvgIpc) is 3.16. The summed E-state index contributed by atoms with van der Waals surface area (Å²) in [5.74, 6) is -1.92. The third-order valence-electron chi connectivity index (χ3n) is 2.95. The Bertz CT molecular complexity index is 529. The summed E-state index contributed by atoms with van der Waals surface area (Å²) in [7, 11) is 0. The number of nitriles is 1. The van der Waals surface area contributed by atoms with E-state index in [0.29, 0.717) is 12.1 Å². The number of halogens is 2. The van der Waals surface area contributed by atoms with E-state index in [2.05, 4.69) is 0 Å². The molecule has 0 bridgehead atoms. The Hall–Kier alpha value is -2.23. The SMILES string of the molecule is N#CCCN(c1c(F)cc([N+](=O)[O-])cc1F)C1CC1. The van der Waals surface area contributed by atoms with Gasteiger partial charge in [-0.3, -0.25) is 10.1 Å².